The number of carbonyl (C=O) groups is 2. The Hall–Kier alpha value is -3.06. The van der Waals surface area contributed by atoms with Crippen LogP contribution in [0.2, 0.25) is 0 Å². The predicted molar refractivity (Wildman–Crippen MR) is 97.9 cm³/mol. The fourth-order valence-corrected chi connectivity index (χ4v) is 2.98. The van der Waals surface area contributed by atoms with Gasteiger partial charge < -0.3 is 14.9 Å². The number of phenolic OH excluding ortho intramolecular Hbond substituents is 1. The van der Waals surface area contributed by atoms with Crippen LogP contribution in [-0.4, -0.2) is 49.6 Å². The second kappa shape index (κ2) is 8.35. The Kier molecular flexibility index (Phi) is 5.70. The summed E-state index contributed by atoms with van der Waals surface area (Å²) in [5, 5.41) is 9.36. The van der Waals surface area contributed by atoms with Crippen LogP contribution in [-0.2, 0) is 4.79 Å². The lowest BCUT2D eigenvalue weighted by molar-refractivity contribution is -0.892. The molecule has 0 aromatic heterocycles. The Morgan fingerprint density at radius 1 is 0.962 bits per heavy atom. The zero-order valence-electron chi connectivity index (χ0n) is 14.4. The molecule has 0 spiro atoms. The first kappa shape index (κ1) is 17.8. The highest BCUT2D eigenvalue weighted by Gasteiger charge is 2.22. The van der Waals surface area contributed by atoms with Gasteiger partial charge in [-0.2, -0.15) is 0 Å². The second-order valence-electron chi connectivity index (χ2n) is 6.30. The SMILES string of the molecule is O=C(C[NH+]1CCN(c2ccc(O)cc2)CC1)NNC(=O)c1ccccc1. The van der Waals surface area contributed by atoms with Crippen LogP contribution < -0.4 is 20.7 Å². The first-order valence-electron chi connectivity index (χ1n) is 8.63. The van der Waals surface area contributed by atoms with Crippen molar-refractivity contribution in [2.75, 3.05) is 37.6 Å². The lowest BCUT2D eigenvalue weighted by Gasteiger charge is -2.33. The van der Waals surface area contributed by atoms with E-state index in [2.05, 4.69) is 15.8 Å². The standard InChI is InChI=1S/C19H22N4O3/c24-17-8-6-16(7-9-17)23-12-10-22(11-13-23)14-18(25)20-21-19(26)15-4-2-1-3-5-15/h1-9,24H,10-14H2,(H,20,25)(H,21,26)/p+1. The van der Waals surface area contributed by atoms with Crippen LogP contribution in [0, 0.1) is 0 Å². The van der Waals surface area contributed by atoms with Gasteiger partial charge in [0.2, 0.25) is 0 Å². The molecule has 3 rings (SSSR count). The number of hydrazine groups is 1. The van der Waals surface area contributed by atoms with Crippen LogP contribution in [0.5, 0.6) is 5.75 Å². The van der Waals surface area contributed by atoms with Crippen molar-refractivity contribution in [3.63, 3.8) is 0 Å². The molecule has 7 heteroatoms. The summed E-state index contributed by atoms with van der Waals surface area (Å²) in [6.45, 7) is 3.66. The van der Waals surface area contributed by atoms with Gasteiger partial charge in [0.1, 0.15) is 5.75 Å². The van der Waals surface area contributed by atoms with Gasteiger partial charge in [-0.3, -0.25) is 20.4 Å². The summed E-state index contributed by atoms with van der Waals surface area (Å²) >= 11 is 0. The summed E-state index contributed by atoms with van der Waals surface area (Å²) in [4.78, 5) is 27.4. The maximum absolute atomic E-state index is 12.0. The minimum atomic E-state index is -0.328. The molecule has 2 amide bonds. The number of nitrogens with one attached hydrogen (secondary N) is 3. The molecule has 0 unspecified atom stereocenters. The van der Waals surface area contributed by atoms with E-state index in [1.54, 1.807) is 36.4 Å². The number of piperazine rings is 1. The van der Waals surface area contributed by atoms with Crippen molar-refractivity contribution in [1.82, 2.24) is 10.9 Å². The monoisotopic (exact) mass is 355 g/mol. The Labute approximate surface area is 152 Å². The highest BCUT2D eigenvalue weighted by atomic mass is 16.3. The smallest absolute Gasteiger partial charge is 0.293 e. The van der Waals surface area contributed by atoms with Crippen LogP contribution in [0.15, 0.2) is 54.6 Å². The summed E-state index contributed by atoms with van der Waals surface area (Å²) in [5.41, 5.74) is 6.49. The quantitative estimate of drug-likeness (QED) is 0.560. The number of rotatable bonds is 4. The molecule has 7 nitrogen and oxygen atoms in total. The van der Waals surface area contributed by atoms with Gasteiger partial charge in [-0.25, -0.2) is 0 Å². The number of amides is 2. The van der Waals surface area contributed by atoms with Crippen molar-refractivity contribution in [3.8, 4) is 5.75 Å². The van der Waals surface area contributed by atoms with E-state index >= 15 is 0 Å². The molecule has 4 N–H and O–H groups in total. The van der Waals surface area contributed by atoms with Crippen LogP contribution in [0.3, 0.4) is 0 Å². The van der Waals surface area contributed by atoms with Crippen LogP contribution in [0.1, 0.15) is 10.4 Å². The van der Waals surface area contributed by atoms with E-state index in [1.165, 1.54) is 4.90 Å². The molecule has 1 heterocycles. The van der Waals surface area contributed by atoms with E-state index in [9.17, 15) is 14.7 Å². The Bertz CT molecular complexity index is 741. The highest BCUT2D eigenvalue weighted by molar-refractivity contribution is 5.95. The number of nitrogens with zero attached hydrogens (tertiary/aromatic N) is 1. The van der Waals surface area contributed by atoms with Crippen molar-refractivity contribution in [3.05, 3.63) is 60.2 Å². The molecule has 26 heavy (non-hydrogen) atoms. The van der Waals surface area contributed by atoms with E-state index < -0.39 is 0 Å². The van der Waals surface area contributed by atoms with E-state index in [0.29, 0.717) is 12.1 Å². The van der Waals surface area contributed by atoms with Crippen LogP contribution in [0.4, 0.5) is 5.69 Å². The fraction of sp³-hybridized carbons (Fsp3) is 0.263. The van der Waals surface area contributed by atoms with Gasteiger partial charge in [0.25, 0.3) is 11.8 Å². The number of hydrogen-bond acceptors (Lipinski definition) is 4. The molecule has 0 bridgehead atoms. The van der Waals surface area contributed by atoms with Gasteiger partial charge in [-0.05, 0) is 36.4 Å². The third-order valence-electron chi connectivity index (χ3n) is 4.45. The second-order valence-corrected chi connectivity index (χ2v) is 6.30. The van der Waals surface area contributed by atoms with E-state index in [4.69, 9.17) is 0 Å². The predicted octanol–water partition coefficient (Wildman–Crippen LogP) is -0.442. The van der Waals surface area contributed by atoms with E-state index in [1.807, 2.05) is 18.2 Å². The molecule has 1 aliphatic rings. The summed E-state index contributed by atoms with van der Waals surface area (Å²) in [7, 11) is 0. The first-order chi connectivity index (χ1) is 12.6. The number of carbonyl (C=O) groups excluding carboxylic acids is 2. The summed E-state index contributed by atoms with van der Waals surface area (Å²) in [6, 6.07) is 15.9. The fourth-order valence-electron chi connectivity index (χ4n) is 2.98. The first-order valence-corrected chi connectivity index (χ1v) is 8.63. The molecule has 136 valence electrons. The molecule has 1 fully saturated rings. The molecule has 1 saturated heterocycles. The lowest BCUT2D eigenvalue weighted by Crippen LogP contribution is -3.16. The Morgan fingerprint density at radius 2 is 1.62 bits per heavy atom. The van der Waals surface area contributed by atoms with Gasteiger partial charge in [-0.15, -0.1) is 0 Å². The molecule has 0 atom stereocenters. The zero-order chi connectivity index (χ0) is 18.4. The molecular formula is C19H23N4O3+. The average Bonchev–Trinajstić information content (AvgIpc) is 2.68. The number of anilines is 1. The number of hydrogen-bond donors (Lipinski definition) is 4. The van der Waals surface area contributed by atoms with Crippen LogP contribution in [0.25, 0.3) is 0 Å². The largest absolute Gasteiger partial charge is 0.508 e. The van der Waals surface area contributed by atoms with Crippen LogP contribution >= 0.6 is 0 Å². The number of aromatic hydroxyl groups is 1. The van der Waals surface area contributed by atoms with Gasteiger partial charge in [0.15, 0.2) is 6.54 Å². The molecule has 0 radical (unpaired) electrons. The summed E-state index contributed by atoms with van der Waals surface area (Å²) in [6.07, 6.45) is 0. The highest BCUT2D eigenvalue weighted by Crippen LogP contribution is 2.17. The maximum atomic E-state index is 12.0. The third-order valence-corrected chi connectivity index (χ3v) is 4.45. The number of phenols is 1. The van der Waals surface area contributed by atoms with E-state index in [-0.39, 0.29) is 17.6 Å². The third kappa shape index (κ3) is 4.73. The lowest BCUT2D eigenvalue weighted by atomic mass is 10.2. The summed E-state index contributed by atoms with van der Waals surface area (Å²) in [5.74, 6) is -0.277. The molecule has 0 aliphatic carbocycles. The zero-order valence-corrected chi connectivity index (χ0v) is 14.4. The number of quaternary nitrogens is 1. The van der Waals surface area contributed by atoms with Gasteiger partial charge in [0, 0.05) is 11.3 Å². The average molecular weight is 355 g/mol. The minimum Gasteiger partial charge on any atom is -0.508 e. The summed E-state index contributed by atoms with van der Waals surface area (Å²) < 4.78 is 0. The van der Waals surface area contributed by atoms with Gasteiger partial charge in [-0.1, -0.05) is 18.2 Å². The Balaban J connectivity index is 1.40. The minimum absolute atomic E-state index is 0.206. The van der Waals surface area contributed by atoms with Crippen molar-refractivity contribution in [1.29, 1.82) is 0 Å². The number of benzene rings is 2. The van der Waals surface area contributed by atoms with Crippen molar-refractivity contribution < 1.29 is 19.6 Å². The molecule has 2 aromatic rings. The van der Waals surface area contributed by atoms with Gasteiger partial charge in [0.05, 0.1) is 26.2 Å². The molecular weight excluding hydrogens is 332 g/mol. The molecule has 0 saturated carbocycles. The topological polar surface area (TPSA) is 86.1 Å². The van der Waals surface area contributed by atoms with Crippen molar-refractivity contribution >= 4 is 17.5 Å². The van der Waals surface area contributed by atoms with Crippen molar-refractivity contribution in [2.24, 2.45) is 0 Å². The Morgan fingerprint density at radius 3 is 2.27 bits per heavy atom. The van der Waals surface area contributed by atoms with E-state index in [0.717, 1.165) is 31.9 Å². The van der Waals surface area contributed by atoms with Gasteiger partial charge >= 0.3 is 0 Å². The molecule has 1 aliphatic heterocycles. The molecule has 2 aromatic carbocycles. The maximum Gasteiger partial charge on any atom is 0.293 e. The normalized spacial score (nSPS) is 14.7. The van der Waals surface area contributed by atoms with Crippen molar-refractivity contribution in [2.45, 2.75) is 0 Å².